The van der Waals surface area contributed by atoms with Crippen LogP contribution >= 0.6 is 24.8 Å². The molecule has 8 heteroatoms. The Balaban J connectivity index is 0.00000140. The number of anilines is 1. The van der Waals surface area contributed by atoms with Gasteiger partial charge in [-0.1, -0.05) is 12.1 Å². The summed E-state index contributed by atoms with van der Waals surface area (Å²) in [5.41, 5.74) is 2.14. The minimum atomic E-state index is -0.729. The fourth-order valence-corrected chi connectivity index (χ4v) is 3.88. The van der Waals surface area contributed by atoms with E-state index in [1.54, 1.807) is 7.11 Å². The van der Waals surface area contributed by atoms with Gasteiger partial charge in [0, 0.05) is 37.5 Å². The van der Waals surface area contributed by atoms with Crippen molar-refractivity contribution in [1.82, 2.24) is 14.9 Å². The molecule has 1 saturated heterocycles. The molecule has 1 amide bonds. The molecule has 0 radical (unpaired) electrons. The van der Waals surface area contributed by atoms with Crippen LogP contribution in [0.3, 0.4) is 0 Å². The molecule has 1 fully saturated rings. The number of aromatic nitrogens is 2. The Morgan fingerprint density at radius 1 is 1.18 bits per heavy atom. The number of hydrogen-bond acceptors (Lipinski definition) is 4. The zero-order valence-corrected chi connectivity index (χ0v) is 17.7. The molecule has 0 atom stereocenters. The fourth-order valence-electron chi connectivity index (χ4n) is 3.88. The van der Waals surface area contributed by atoms with Gasteiger partial charge in [-0.2, -0.15) is 0 Å². The van der Waals surface area contributed by atoms with E-state index in [1.807, 2.05) is 24.3 Å². The predicted molar refractivity (Wildman–Crippen MR) is 116 cm³/mol. The lowest BCUT2D eigenvalue weighted by Crippen LogP contribution is -2.51. The quantitative estimate of drug-likeness (QED) is 0.785. The number of piperidine rings is 1. The number of amides is 1. The van der Waals surface area contributed by atoms with Gasteiger partial charge < -0.3 is 19.9 Å². The minimum Gasteiger partial charge on any atom is -0.368 e. The number of nitrogens with zero attached hydrogens (tertiary/aromatic N) is 2. The normalized spacial score (nSPS) is 17.6. The third-order valence-corrected chi connectivity index (χ3v) is 5.56. The molecule has 0 spiro atoms. The summed E-state index contributed by atoms with van der Waals surface area (Å²) in [5.74, 6) is 1.11. The topological polar surface area (TPSA) is 68.2 Å². The van der Waals surface area contributed by atoms with Crippen LogP contribution in [0.1, 0.15) is 31.5 Å². The van der Waals surface area contributed by atoms with Gasteiger partial charge in [-0.05, 0) is 50.9 Å². The first kappa shape index (κ1) is 22.7. The standard InChI is InChI=1S/C20H26N4O2.2ClH/c1-26-20(9-11-21-12-10-20)19(25)22-16-7-5-15(6-8-16)17-14-24-13-3-2-4-18(24)23-17;;/h5-8,14,21H,2-4,9-13H2,1H3,(H,22,25);2*1H. The van der Waals surface area contributed by atoms with E-state index in [0.717, 1.165) is 43.0 Å². The van der Waals surface area contributed by atoms with E-state index in [9.17, 15) is 4.79 Å². The van der Waals surface area contributed by atoms with Crippen molar-refractivity contribution < 1.29 is 9.53 Å². The molecule has 0 saturated carbocycles. The van der Waals surface area contributed by atoms with Crippen LogP contribution in [-0.2, 0) is 22.5 Å². The van der Waals surface area contributed by atoms with Crippen molar-refractivity contribution in [3.63, 3.8) is 0 Å². The van der Waals surface area contributed by atoms with Gasteiger partial charge in [0.1, 0.15) is 11.4 Å². The van der Waals surface area contributed by atoms with Crippen LogP contribution in [0.15, 0.2) is 30.5 Å². The molecule has 2 aromatic rings. The largest absolute Gasteiger partial charge is 0.368 e. The summed E-state index contributed by atoms with van der Waals surface area (Å²) >= 11 is 0. The smallest absolute Gasteiger partial charge is 0.256 e. The minimum absolute atomic E-state index is 0. The Hall–Kier alpha value is -1.60. The number of halogens is 2. The SMILES string of the molecule is COC1(C(=O)Nc2ccc(-c3cn4c(n3)CCCC4)cc2)CCNCC1.Cl.Cl. The van der Waals surface area contributed by atoms with Crippen LogP contribution < -0.4 is 10.6 Å². The molecule has 1 aromatic heterocycles. The maximum Gasteiger partial charge on any atom is 0.256 e. The van der Waals surface area contributed by atoms with Crippen molar-refractivity contribution in [3.05, 3.63) is 36.3 Å². The molecule has 154 valence electrons. The number of methoxy groups -OCH3 is 1. The van der Waals surface area contributed by atoms with Gasteiger partial charge in [-0.3, -0.25) is 4.79 Å². The first-order chi connectivity index (χ1) is 12.7. The second-order valence-corrected chi connectivity index (χ2v) is 7.17. The molecule has 6 nitrogen and oxygen atoms in total. The van der Waals surface area contributed by atoms with Crippen LogP contribution in [0, 0.1) is 0 Å². The Morgan fingerprint density at radius 3 is 2.54 bits per heavy atom. The summed E-state index contributed by atoms with van der Waals surface area (Å²) in [6.07, 6.45) is 7.02. The molecular formula is C20H28Cl2N4O2. The van der Waals surface area contributed by atoms with Crippen molar-refractivity contribution >= 4 is 36.4 Å². The third-order valence-electron chi connectivity index (χ3n) is 5.56. The molecule has 1 aromatic carbocycles. The van der Waals surface area contributed by atoms with Crippen molar-refractivity contribution in [1.29, 1.82) is 0 Å². The van der Waals surface area contributed by atoms with Gasteiger partial charge in [0.05, 0.1) is 5.69 Å². The van der Waals surface area contributed by atoms with Crippen molar-refractivity contribution in [2.75, 3.05) is 25.5 Å². The Kier molecular flexibility index (Phi) is 7.89. The number of aryl methyl sites for hydroxylation is 2. The van der Waals surface area contributed by atoms with Gasteiger partial charge in [-0.25, -0.2) is 4.98 Å². The molecule has 28 heavy (non-hydrogen) atoms. The number of carbonyl (C=O) groups is 1. The fraction of sp³-hybridized carbons (Fsp3) is 0.500. The van der Waals surface area contributed by atoms with Crippen molar-refractivity contribution in [2.45, 2.75) is 44.2 Å². The zero-order chi connectivity index (χ0) is 18.0. The third kappa shape index (κ3) is 4.51. The molecule has 0 unspecified atom stereocenters. The maximum atomic E-state index is 12.7. The van der Waals surface area contributed by atoms with Gasteiger partial charge in [0.25, 0.3) is 5.91 Å². The lowest BCUT2D eigenvalue weighted by atomic mass is 9.91. The predicted octanol–water partition coefficient (Wildman–Crippen LogP) is 3.44. The monoisotopic (exact) mass is 426 g/mol. The van der Waals surface area contributed by atoms with Crippen molar-refractivity contribution in [2.24, 2.45) is 0 Å². The Morgan fingerprint density at radius 2 is 1.89 bits per heavy atom. The number of benzene rings is 1. The number of rotatable bonds is 4. The first-order valence-corrected chi connectivity index (χ1v) is 9.44. The molecule has 2 aliphatic rings. The van der Waals surface area contributed by atoms with Crippen LogP contribution in [0.4, 0.5) is 5.69 Å². The molecule has 0 bridgehead atoms. The van der Waals surface area contributed by atoms with E-state index >= 15 is 0 Å². The summed E-state index contributed by atoms with van der Waals surface area (Å²) in [4.78, 5) is 17.5. The number of fused-ring (bicyclic) bond motifs is 1. The summed E-state index contributed by atoms with van der Waals surface area (Å²) < 4.78 is 7.85. The van der Waals surface area contributed by atoms with Crippen LogP contribution in [0.5, 0.6) is 0 Å². The van der Waals surface area contributed by atoms with E-state index in [1.165, 1.54) is 18.7 Å². The molecule has 0 aliphatic carbocycles. The number of carbonyl (C=O) groups excluding carboxylic acids is 1. The van der Waals surface area contributed by atoms with Crippen LogP contribution in [0.2, 0.25) is 0 Å². The number of ether oxygens (including phenoxy) is 1. The van der Waals surface area contributed by atoms with Gasteiger partial charge >= 0.3 is 0 Å². The highest BCUT2D eigenvalue weighted by Gasteiger charge is 2.39. The van der Waals surface area contributed by atoms with Crippen LogP contribution in [0.25, 0.3) is 11.3 Å². The number of imidazole rings is 1. The highest BCUT2D eigenvalue weighted by atomic mass is 35.5. The summed E-state index contributed by atoms with van der Waals surface area (Å²) in [6.45, 7) is 2.65. The summed E-state index contributed by atoms with van der Waals surface area (Å²) in [5, 5.41) is 6.28. The second-order valence-electron chi connectivity index (χ2n) is 7.17. The van der Waals surface area contributed by atoms with E-state index in [4.69, 9.17) is 9.72 Å². The first-order valence-electron chi connectivity index (χ1n) is 9.44. The Bertz CT molecular complexity index is 763. The van der Waals surface area contributed by atoms with Crippen molar-refractivity contribution in [3.8, 4) is 11.3 Å². The summed E-state index contributed by atoms with van der Waals surface area (Å²) in [7, 11) is 1.62. The highest BCUT2D eigenvalue weighted by molar-refractivity contribution is 5.97. The van der Waals surface area contributed by atoms with Gasteiger partial charge in [0.15, 0.2) is 0 Å². The lowest BCUT2D eigenvalue weighted by Gasteiger charge is -2.34. The van der Waals surface area contributed by atoms with E-state index in [0.29, 0.717) is 12.8 Å². The van der Waals surface area contributed by atoms with Gasteiger partial charge in [0.2, 0.25) is 0 Å². The van der Waals surface area contributed by atoms with Crippen LogP contribution in [-0.4, -0.2) is 41.3 Å². The molecule has 2 N–H and O–H groups in total. The number of nitrogens with one attached hydrogen (secondary N) is 2. The molecular weight excluding hydrogens is 399 g/mol. The van der Waals surface area contributed by atoms with E-state index in [2.05, 4.69) is 21.4 Å². The number of hydrogen-bond donors (Lipinski definition) is 2. The second kappa shape index (κ2) is 9.74. The molecule has 3 heterocycles. The average molecular weight is 427 g/mol. The molecule has 2 aliphatic heterocycles. The average Bonchev–Trinajstić information content (AvgIpc) is 3.13. The summed E-state index contributed by atoms with van der Waals surface area (Å²) in [6, 6.07) is 7.92. The highest BCUT2D eigenvalue weighted by Crippen LogP contribution is 2.27. The Labute approximate surface area is 178 Å². The zero-order valence-electron chi connectivity index (χ0n) is 16.1. The van der Waals surface area contributed by atoms with Gasteiger partial charge in [-0.15, -0.1) is 24.8 Å². The van der Waals surface area contributed by atoms with E-state index < -0.39 is 5.60 Å². The lowest BCUT2D eigenvalue weighted by molar-refractivity contribution is -0.140. The maximum absolute atomic E-state index is 12.7. The van der Waals surface area contributed by atoms with E-state index in [-0.39, 0.29) is 30.7 Å². The molecule has 4 rings (SSSR count).